The molecule has 24 heavy (non-hydrogen) atoms. The fourth-order valence-electron chi connectivity index (χ4n) is 2.37. The quantitative estimate of drug-likeness (QED) is 0.748. The van der Waals surface area contributed by atoms with E-state index in [9.17, 15) is 4.79 Å². The number of rotatable bonds is 6. The number of amides is 1. The second-order valence-electron chi connectivity index (χ2n) is 5.59. The Bertz CT molecular complexity index is 716. The number of thioether (sulfide) groups is 1. The van der Waals surface area contributed by atoms with Crippen molar-refractivity contribution in [3.8, 4) is 11.5 Å². The molecule has 0 saturated carbocycles. The highest BCUT2D eigenvalue weighted by Gasteiger charge is 2.14. The first-order valence-electron chi connectivity index (χ1n) is 7.80. The summed E-state index contributed by atoms with van der Waals surface area (Å²) in [5.41, 5.74) is 0.819. The van der Waals surface area contributed by atoms with Crippen molar-refractivity contribution in [3.63, 3.8) is 0 Å². The third kappa shape index (κ3) is 4.23. The zero-order valence-corrected chi connectivity index (χ0v) is 14.6. The molecular formula is C17H20N2O4S. The topological polar surface area (TPSA) is 64.8 Å². The van der Waals surface area contributed by atoms with E-state index in [0.717, 1.165) is 22.1 Å². The van der Waals surface area contributed by atoms with Crippen LogP contribution >= 0.6 is 11.8 Å². The summed E-state index contributed by atoms with van der Waals surface area (Å²) < 4.78 is 16.2. The Hall–Kier alpha value is -2.15. The molecule has 0 aliphatic carbocycles. The predicted molar refractivity (Wildman–Crippen MR) is 90.5 cm³/mol. The minimum Gasteiger partial charge on any atom is -0.486 e. The maximum Gasteiger partial charge on any atom is 0.223 e. The van der Waals surface area contributed by atoms with Crippen LogP contribution in [-0.2, 0) is 11.3 Å². The Balaban J connectivity index is 1.46. The minimum atomic E-state index is 0.0779. The number of aromatic nitrogens is 1. The first-order valence-corrected chi connectivity index (χ1v) is 8.79. The lowest BCUT2D eigenvalue weighted by molar-refractivity contribution is -0.130. The molecule has 7 heteroatoms. The molecule has 3 rings (SSSR count). The maximum absolute atomic E-state index is 12.2. The van der Waals surface area contributed by atoms with Crippen LogP contribution in [0.5, 0.6) is 11.5 Å². The number of carbonyl (C=O) groups is 1. The van der Waals surface area contributed by atoms with E-state index in [0.29, 0.717) is 37.7 Å². The van der Waals surface area contributed by atoms with E-state index in [1.54, 1.807) is 23.7 Å². The highest BCUT2D eigenvalue weighted by molar-refractivity contribution is 7.99. The summed E-state index contributed by atoms with van der Waals surface area (Å²) in [4.78, 5) is 14.9. The van der Waals surface area contributed by atoms with E-state index in [1.807, 2.05) is 31.2 Å². The lowest BCUT2D eigenvalue weighted by Gasteiger charge is -2.19. The van der Waals surface area contributed by atoms with Gasteiger partial charge in [0.05, 0.1) is 12.2 Å². The van der Waals surface area contributed by atoms with Crippen LogP contribution < -0.4 is 9.47 Å². The highest BCUT2D eigenvalue weighted by atomic mass is 32.2. The van der Waals surface area contributed by atoms with Crippen LogP contribution in [0.25, 0.3) is 0 Å². The molecule has 1 aromatic carbocycles. The van der Waals surface area contributed by atoms with Crippen LogP contribution in [0.4, 0.5) is 0 Å². The summed E-state index contributed by atoms with van der Waals surface area (Å²) >= 11 is 1.63. The number of aryl methyl sites for hydroxylation is 1. The summed E-state index contributed by atoms with van der Waals surface area (Å²) in [6.45, 7) is 3.46. The van der Waals surface area contributed by atoms with Gasteiger partial charge in [-0.05, 0) is 25.1 Å². The monoisotopic (exact) mass is 348 g/mol. The molecule has 6 nitrogen and oxygen atoms in total. The van der Waals surface area contributed by atoms with Gasteiger partial charge >= 0.3 is 0 Å². The summed E-state index contributed by atoms with van der Waals surface area (Å²) in [5.74, 6) is 3.04. The normalized spacial score (nSPS) is 12.9. The van der Waals surface area contributed by atoms with Gasteiger partial charge in [0.2, 0.25) is 5.91 Å². The van der Waals surface area contributed by atoms with E-state index >= 15 is 0 Å². The zero-order valence-electron chi connectivity index (χ0n) is 13.8. The van der Waals surface area contributed by atoms with Gasteiger partial charge in [-0.2, -0.15) is 0 Å². The third-order valence-corrected chi connectivity index (χ3v) is 4.59. The summed E-state index contributed by atoms with van der Waals surface area (Å²) in [5, 5.41) is 3.83. The van der Waals surface area contributed by atoms with Crippen LogP contribution in [0.2, 0.25) is 0 Å². The molecule has 0 fully saturated rings. The fraction of sp³-hybridized carbons (Fsp3) is 0.412. The van der Waals surface area contributed by atoms with Crippen LogP contribution in [0, 0.1) is 6.92 Å². The Kier molecular flexibility index (Phi) is 5.30. The van der Waals surface area contributed by atoms with E-state index < -0.39 is 0 Å². The van der Waals surface area contributed by atoms with Gasteiger partial charge in [-0.25, -0.2) is 0 Å². The predicted octanol–water partition coefficient (Wildman–Crippen LogP) is 2.90. The average molecular weight is 348 g/mol. The van der Waals surface area contributed by atoms with Gasteiger partial charge < -0.3 is 18.9 Å². The number of hydrogen-bond acceptors (Lipinski definition) is 6. The summed E-state index contributed by atoms with van der Waals surface area (Å²) in [6.07, 6.45) is 0.461. The largest absolute Gasteiger partial charge is 0.486 e. The van der Waals surface area contributed by atoms with Crippen molar-refractivity contribution < 1.29 is 18.8 Å². The third-order valence-electron chi connectivity index (χ3n) is 3.59. The van der Waals surface area contributed by atoms with Crippen LogP contribution in [0.15, 0.2) is 33.7 Å². The molecule has 0 radical (unpaired) electrons. The molecular weight excluding hydrogens is 328 g/mol. The van der Waals surface area contributed by atoms with Gasteiger partial charge in [0.15, 0.2) is 17.3 Å². The molecule has 0 saturated heterocycles. The van der Waals surface area contributed by atoms with E-state index in [1.165, 1.54) is 0 Å². The molecule has 0 unspecified atom stereocenters. The van der Waals surface area contributed by atoms with E-state index in [2.05, 4.69) is 5.16 Å². The Labute approximate surface area is 145 Å². The fourth-order valence-corrected chi connectivity index (χ4v) is 3.24. The molecule has 0 bridgehead atoms. The van der Waals surface area contributed by atoms with Crippen LogP contribution in [-0.4, -0.2) is 42.0 Å². The number of benzene rings is 1. The number of hydrogen-bond donors (Lipinski definition) is 0. The zero-order chi connectivity index (χ0) is 16.9. The van der Waals surface area contributed by atoms with Crippen LogP contribution in [0.1, 0.15) is 17.9 Å². The molecule has 0 N–H and O–H groups in total. The summed E-state index contributed by atoms with van der Waals surface area (Å²) in [7, 11) is 1.77. The van der Waals surface area contributed by atoms with Crippen molar-refractivity contribution in [2.75, 3.05) is 26.0 Å². The first-order chi connectivity index (χ1) is 11.6. The second-order valence-corrected chi connectivity index (χ2v) is 6.76. The Morgan fingerprint density at radius 1 is 1.25 bits per heavy atom. The van der Waals surface area contributed by atoms with Crippen LogP contribution in [0.3, 0.4) is 0 Å². The lowest BCUT2D eigenvalue weighted by atomic mass is 10.3. The van der Waals surface area contributed by atoms with E-state index in [-0.39, 0.29) is 5.91 Å². The second kappa shape index (κ2) is 7.61. The highest BCUT2D eigenvalue weighted by Crippen LogP contribution is 2.34. The number of nitrogens with zero attached hydrogens (tertiary/aromatic N) is 2. The lowest BCUT2D eigenvalue weighted by Crippen LogP contribution is -2.26. The minimum absolute atomic E-state index is 0.0779. The molecule has 0 atom stereocenters. The number of ether oxygens (including phenoxy) is 2. The van der Waals surface area contributed by atoms with Crippen molar-refractivity contribution >= 4 is 17.7 Å². The van der Waals surface area contributed by atoms with Gasteiger partial charge in [0.1, 0.15) is 13.2 Å². The van der Waals surface area contributed by atoms with Crippen molar-refractivity contribution in [3.05, 3.63) is 35.7 Å². The smallest absolute Gasteiger partial charge is 0.223 e. The van der Waals surface area contributed by atoms with Crippen molar-refractivity contribution in [1.82, 2.24) is 10.1 Å². The van der Waals surface area contributed by atoms with Gasteiger partial charge in [0, 0.05) is 30.2 Å². The van der Waals surface area contributed by atoms with E-state index in [4.69, 9.17) is 14.0 Å². The van der Waals surface area contributed by atoms with Crippen molar-refractivity contribution in [1.29, 1.82) is 0 Å². The number of carbonyl (C=O) groups excluding carboxylic acids is 1. The molecule has 1 aromatic heterocycles. The van der Waals surface area contributed by atoms with Gasteiger partial charge in [-0.3, -0.25) is 4.79 Å². The van der Waals surface area contributed by atoms with Gasteiger partial charge in [-0.15, -0.1) is 11.8 Å². The molecule has 128 valence electrons. The molecule has 1 aliphatic rings. The van der Waals surface area contributed by atoms with Gasteiger partial charge in [0.25, 0.3) is 0 Å². The first kappa shape index (κ1) is 16.7. The molecule has 2 heterocycles. The van der Waals surface area contributed by atoms with Crippen molar-refractivity contribution in [2.45, 2.75) is 24.8 Å². The maximum atomic E-state index is 12.2. The SMILES string of the molecule is Cc1cc(CN(C)C(=O)CCSc2ccc3c(c2)OCCO3)on1. The molecule has 0 spiro atoms. The average Bonchev–Trinajstić information content (AvgIpc) is 2.99. The molecule has 2 aromatic rings. The molecule has 1 amide bonds. The summed E-state index contributed by atoms with van der Waals surface area (Å²) in [6, 6.07) is 7.71. The standard InChI is InChI=1S/C17H20N2O4S/c1-12-9-13(23-18-12)11-19(2)17(20)5-8-24-14-3-4-15-16(10-14)22-7-6-21-15/h3-4,9-10H,5-8,11H2,1-2H3. The Morgan fingerprint density at radius 3 is 2.79 bits per heavy atom. The Morgan fingerprint density at radius 2 is 2.04 bits per heavy atom. The molecule has 1 aliphatic heterocycles. The van der Waals surface area contributed by atoms with Gasteiger partial charge in [-0.1, -0.05) is 5.16 Å². The number of fused-ring (bicyclic) bond motifs is 1. The van der Waals surface area contributed by atoms with Crippen molar-refractivity contribution in [2.24, 2.45) is 0 Å².